The first-order valence-electron chi connectivity index (χ1n) is 7.58. The minimum Gasteiger partial charge on any atom is -0.368 e. The second-order valence-electron chi connectivity index (χ2n) is 5.91. The van der Waals surface area contributed by atoms with E-state index in [0.29, 0.717) is 12.8 Å². The number of nitrogens with two attached hydrogens (primary N) is 1. The third-order valence-electron chi connectivity index (χ3n) is 4.45. The van der Waals surface area contributed by atoms with E-state index in [0.717, 1.165) is 31.5 Å². The maximum absolute atomic E-state index is 12.5. The molecule has 0 aliphatic heterocycles. The van der Waals surface area contributed by atoms with Crippen LogP contribution in [0.2, 0.25) is 0 Å². The van der Waals surface area contributed by atoms with E-state index < -0.39 is 17.5 Å². The number of aryl methyl sites for hydroxylation is 1. The predicted octanol–water partition coefficient (Wildman–Crippen LogP) is 1.45. The van der Waals surface area contributed by atoms with Gasteiger partial charge in [0.1, 0.15) is 17.4 Å². The van der Waals surface area contributed by atoms with Crippen LogP contribution >= 0.6 is 0 Å². The van der Waals surface area contributed by atoms with Crippen LogP contribution in [0.3, 0.4) is 0 Å². The summed E-state index contributed by atoms with van der Waals surface area (Å²) >= 11 is 0. The summed E-state index contributed by atoms with van der Waals surface area (Å²) in [5, 5.41) is 2.92. The fourth-order valence-corrected chi connectivity index (χ4v) is 3.03. The van der Waals surface area contributed by atoms with Crippen molar-refractivity contribution in [1.29, 1.82) is 0 Å². The highest BCUT2D eigenvalue weighted by Crippen LogP contribution is 2.27. The standard InChI is InChI=1S/C15H24N4O2/c1-11(19-10-9-17-12(19)2)13(20)18-15(14(16)21)7-5-3-4-6-8-15/h9-11H,3-8H2,1-2H3,(H2,16,21)(H,18,20). The zero-order valence-electron chi connectivity index (χ0n) is 12.8. The first-order chi connectivity index (χ1) is 9.96. The molecule has 0 spiro atoms. The van der Waals surface area contributed by atoms with Crippen LogP contribution in [0.5, 0.6) is 0 Å². The highest BCUT2D eigenvalue weighted by Gasteiger charge is 2.39. The molecule has 1 unspecified atom stereocenters. The molecule has 0 aromatic carbocycles. The Morgan fingerprint density at radius 1 is 1.33 bits per heavy atom. The van der Waals surface area contributed by atoms with E-state index in [1.807, 2.05) is 6.92 Å². The molecule has 1 saturated carbocycles. The molecule has 21 heavy (non-hydrogen) atoms. The summed E-state index contributed by atoms with van der Waals surface area (Å²) in [5.41, 5.74) is 4.70. The van der Waals surface area contributed by atoms with Gasteiger partial charge in [0, 0.05) is 12.4 Å². The van der Waals surface area contributed by atoms with Crippen molar-refractivity contribution in [3.63, 3.8) is 0 Å². The topological polar surface area (TPSA) is 90.0 Å². The van der Waals surface area contributed by atoms with Crippen molar-refractivity contribution < 1.29 is 9.59 Å². The minimum absolute atomic E-state index is 0.184. The molecular weight excluding hydrogens is 268 g/mol. The van der Waals surface area contributed by atoms with Crippen molar-refractivity contribution in [1.82, 2.24) is 14.9 Å². The van der Waals surface area contributed by atoms with Gasteiger partial charge < -0.3 is 15.6 Å². The Labute approximate surface area is 125 Å². The molecule has 116 valence electrons. The lowest BCUT2D eigenvalue weighted by Gasteiger charge is -2.32. The average Bonchev–Trinajstić information content (AvgIpc) is 2.72. The largest absolute Gasteiger partial charge is 0.368 e. The molecule has 6 nitrogen and oxygen atoms in total. The van der Waals surface area contributed by atoms with E-state index in [1.165, 1.54) is 0 Å². The lowest BCUT2D eigenvalue weighted by Crippen LogP contribution is -2.58. The van der Waals surface area contributed by atoms with Gasteiger partial charge in [-0.05, 0) is 26.7 Å². The van der Waals surface area contributed by atoms with Gasteiger partial charge in [-0.15, -0.1) is 0 Å². The first kappa shape index (κ1) is 15.5. The number of carbonyl (C=O) groups is 2. The summed E-state index contributed by atoms with van der Waals surface area (Å²) in [6.07, 6.45) is 8.69. The van der Waals surface area contributed by atoms with Gasteiger partial charge in [-0.25, -0.2) is 4.98 Å². The maximum Gasteiger partial charge on any atom is 0.243 e. The first-order valence-corrected chi connectivity index (χ1v) is 7.58. The zero-order chi connectivity index (χ0) is 15.5. The number of carbonyl (C=O) groups excluding carboxylic acids is 2. The summed E-state index contributed by atoms with van der Waals surface area (Å²) in [6, 6.07) is -0.410. The number of nitrogens with zero attached hydrogens (tertiary/aromatic N) is 2. The van der Waals surface area contributed by atoms with E-state index in [-0.39, 0.29) is 5.91 Å². The SMILES string of the molecule is Cc1nccn1C(C)C(=O)NC1(C(N)=O)CCCCCC1. The third kappa shape index (κ3) is 3.25. The smallest absolute Gasteiger partial charge is 0.243 e. The second kappa shape index (κ2) is 6.28. The van der Waals surface area contributed by atoms with Crippen molar-refractivity contribution in [2.24, 2.45) is 5.73 Å². The number of imidazole rings is 1. The van der Waals surface area contributed by atoms with Crippen LogP contribution < -0.4 is 11.1 Å². The van der Waals surface area contributed by atoms with Gasteiger partial charge in [-0.2, -0.15) is 0 Å². The molecule has 6 heteroatoms. The molecule has 1 aliphatic rings. The summed E-state index contributed by atoms with van der Waals surface area (Å²) in [7, 11) is 0. The zero-order valence-corrected chi connectivity index (χ0v) is 12.8. The van der Waals surface area contributed by atoms with E-state index in [1.54, 1.807) is 23.9 Å². The normalized spacial score (nSPS) is 19.5. The van der Waals surface area contributed by atoms with Crippen LogP contribution in [0.15, 0.2) is 12.4 Å². The molecule has 1 fully saturated rings. The lowest BCUT2D eigenvalue weighted by molar-refractivity contribution is -0.133. The van der Waals surface area contributed by atoms with Gasteiger partial charge in [0.05, 0.1) is 0 Å². The van der Waals surface area contributed by atoms with Crippen molar-refractivity contribution in [3.8, 4) is 0 Å². The van der Waals surface area contributed by atoms with Gasteiger partial charge in [-0.3, -0.25) is 9.59 Å². The Morgan fingerprint density at radius 2 is 1.95 bits per heavy atom. The molecule has 2 rings (SSSR count). The summed E-state index contributed by atoms with van der Waals surface area (Å²) in [6.45, 7) is 3.65. The summed E-state index contributed by atoms with van der Waals surface area (Å²) in [5.74, 6) is 0.163. The number of nitrogens with one attached hydrogen (secondary N) is 1. The maximum atomic E-state index is 12.5. The fourth-order valence-electron chi connectivity index (χ4n) is 3.03. The van der Waals surface area contributed by atoms with Gasteiger partial charge in [0.15, 0.2) is 0 Å². The number of hydrogen-bond acceptors (Lipinski definition) is 3. The molecule has 1 aromatic rings. The van der Waals surface area contributed by atoms with Gasteiger partial charge >= 0.3 is 0 Å². The van der Waals surface area contributed by atoms with Crippen molar-refractivity contribution >= 4 is 11.8 Å². The second-order valence-corrected chi connectivity index (χ2v) is 5.91. The Morgan fingerprint density at radius 3 is 2.43 bits per heavy atom. The molecule has 1 aromatic heterocycles. The van der Waals surface area contributed by atoms with Crippen molar-refractivity contribution in [3.05, 3.63) is 18.2 Å². The molecule has 2 amide bonds. The molecule has 1 heterocycles. The van der Waals surface area contributed by atoms with Crippen LogP contribution in [0.25, 0.3) is 0 Å². The third-order valence-corrected chi connectivity index (χ3v) is 4.45. The molecule has 0 saturated heterocycles. The van der Waals surface area contributed by atoms with E-state index in [4.69, 9.17) is 5.73 Å². The Bertz CT molecular complexity index is 515. The van der Waals surface area contributed by atoms with Crippen molar-refractivity contribution in [2.75, 3.05) is 0 Å². The van der Waals surface area contributed by atoms with Crippen molar-refractivity contribution in [2.45, 2.75) is 64.0 Å². The van der Waals surface area contributed by atoms with E-state index in [9.17, 15) is 9.59 Å². The summed E-state index contributed by atoms with van der Waals surface area (Å²) in [4.78, 5) is 28.6. The van der Waals surface area contributed by atoms with E-state index >= 15 is 0 Å². The monoisotopic (exact) mass is 292 g/mol. The summed E-state index contributed by atoms with van der Waals surface area (Å²) < 4.78 is 1.79. The number of amides is 2. The highest BCUT2D eigenvalue weighted by atomic mass is 16.2. The van der Waals surface area contributed by atoms with E-state index in [2.05, 4.69) is 10.3 Å². The Balaban J connectivity index is 2.15. The Hall–Kier alpha value is -1.85. The van der Waals surface area contributed by atoms with Crippen LogP contribution in [0, 0.1) is 6.92 Å². The molecule has 0 radical (unpaired) electrons. The lowest BCUT2D eigenvalue weighted by atomic mass is 9.89. The van der Waals surface area contributed by atoms with Crippen LogP contribution in [0.4, 0.5) is 0 Å². The number of aromatic nitrogens is 2. The minimum atomic E-state index is -0.893. The average molecular weight is 292 g/mol. The molecule has 1 aliphatic carbocycles. The fraction of sp³-hybridized carbons (Fsp3) is 0.667. The van der Waals surface area contributed by atoms with Crippen LogP contribution in [-0.2, 0) is 9.59 Å². The van der Waals surface area contributed by atoms with Crippen LogP contribution in [-0.4, -0.2) is 26.9 Å². The van der Waals surface area contributed by atoms with Crippen LogP contribution in [0.1, 0.15) is 57.3 Å². The van der Waals surface area contributed by atoms with Gasteiger partial charge in [0.25, 0.3) is 0 Å². The Kier molecular flexibility index (Phi) is 4.65. The number of primary amides is 1. The quantitative estimate of drug-likeness (QED) is 0.823. The molecular formula is C15H24N4O2. The number of rotatable bonds is 4. The van der Waals surface area contributed by atoms with Gasteiger partial charge in [-0.1, -0.05) is 25.7 Å². The highest BCUT2D eigenvalue weighted by molar-refractivity contribution is 5.91. The predicted molar refractivity (Wildman–Crippen MR) is 79.4 cm³/mol. The van der Waals surface area contributed by atoms with Gasteiger partial charge in [0.2, 0.25) is 11.8 Å². The molecule has 3 N–H and O–H groups in total. The number of hydrogen-bond donors (Lipinski definition) is 2. The molecule has 1 atom stereocenters. The molecule has 0 bridgehead atoms.